The molecule has 0 aromatic carbocycles. The number of nitrogens with zero attached hydrogens (tertiary/aromatic N) is 1. The summed E-state index contributed by atoms with van der Waals surface area (Å²) in [4.78, 5) is 2.72. The molecule has 2 nitrogen and oxygen atoms in total. The summed E-state index contributed by atoms with van der Waals surface area (Å²) in [6.45, 7) is 8.44. The Hall–Kier alpha value is -0.0800. The van der Waals surface area contributed by atoms with Crippen LogP contribution in [-0.4, -0.2) is 36.6 Å². The van der Waals surface area contributed by atoms with E-state index in [4.69, 9.17) is 0 Å². The van der Waals surface area contributed by atoms with Gasteiger partial charge in [-0.25, -0.2) is 0 Å². The van der Waals surface area contributed by atoms with Gasteiger partial charge in [-0.1, -0.05) is 20.3 Å². The van der Waals surface area contributed by atoms with Crippen molar-refractivity contribution in [3.8, 4) is 0 Å². The van der Waals surface area contributed by atoms with E-state index in [0.717, 1.165) is 18.0 Å². The molecule has 1 aliphatic heterocycles. The van der Waals surface area contributed by atoms with Gasteiger partial charge in [-0.05, 0) is 25.2 Å². The Morgan fingerprint density at radius 2 is 2.14 bits per heavy atom. The van der Waals surface area contributed by atoms with E-state index in [2.05, 4.69) is 24.1 Å². The number of hydrogen-bond donors (Lipinski definition) is 1. The Labute approximate surface area is 88.1 Å². The Balaban J connectivity index is 1.76. The van der Waals surface area contributed by atoms with Crippen molar-refractivity contribution in [3.05, 3.63) is 0 Å². The van der Waals surface area contributed by atoms with Gasteiger partial charge in [-0.15, -0.1) is 0 Å². The van der Waals surface area contributed by atoms with E-state index in [1.807, 2.05) is 0 Å². The first-order valence-corrected chi connectivity index (χ1v) is 6.27. The van der Waals surface area contributed by atoms with E-state index in [1.54, 1.807) is 0 Å². The van der Waals surface area contributed by atoms with Crippen molar-refractivity contribution in [2.24, 2.45) is 5.92 Å². The van der Waals surface area contributed by atoms with E-state index in [1.165, 1.54) is 45.3 Å². The third kappa shape index (κ3) is 2.29. The summed E-state index contributed by atoms with van der Waals surface area (Å²) in [5, 5.41) is 3.62. The van der Waals surface area contributed by atoms with Gasteiger partial charge < -0.3 is 5.32 Å². The van der Waals surface area contributed by atoms with Crippen molar-refractivity contribution in [2.45, 2.75) is 51.6 Å². The van der Waals surface area contributed by atoms with Crippen LogP contribution in [0.2, 0.25) is 0 Å². The van der Waals surface area contributed by atoms with Gasteiger partial charge in [0.25, 0.3) is 0 Å². The SMILES string of the molecule is CCCC1CN(C2CC(C)C2)CCN1. The molecule has 0 aromatic heterocycles. The summed E-state index contributed by atoms with van der Waals surface area (Å²) in [5.41, 5.74) is 0. The molecule has 1 saturated heterocycles. The van der Waals surface area contributed by atoms with Gasteiger partial charge in [0, 0.05) is 31.7 Å². The largest absolute Gasteiger partial charge is 0.311 e. The predicted molar refractivity (Wildman–Crippen MR) is 60.5 cm³/mol. The Morgan fingerprint density at radius 1 is 1.36 bits per heavy atom. The Morgan fingerprint density at radius 3 is 2.79 bits per heavy atom. The van der Waals surface area contributed by atoms with E-state index < -0.39 is 0 Å². The average Bonchev–Trinajstić information content (AvgIpc) is 2.14. The van der Waals surface area contributed by atoms with E-state index in [-0.39, 0.29) is 0 Å². The van der Waals surface area contributed by atoms with Gasteiger partial charge in [0.05, 0.1) is 0 Å². The van der Waals surface area contributed by atoms with Crippen molar-refractivity contribution >= 4 is 0 Å². The van der Waals surface area contributed by atoms with Crippen LogP contribution in [0, 0.1) is 5.92 Å². The normalized spacial score (nSPS) is 39.4. The van der Waals surface area contributed by atoms with E-state index >= 15 is 0 Å². The minimum Gasteiger partial charge on any atom is -0.311 e. The third-order valence-corrected chi connectivity index (χ3v) is 3.79. The molecule has 0 amide bonds. The number of piperazine rings is 1. The molecule has 82 valence electrons. The van der Waals surface area contributed by atoms with Crippen LogP contribution in [0.5, 0.6) is 0 Å². The summed E-state index contributed by atoms with van der Waals surface area (Å²) >= 11 is 0. The van der Waals surface area contributed by atoms with Crippen LogP contribution in [0.25, 0.3) is 0 Å². The quantitative estimate of drug-likeness (QED) is 0.741. The average molecular weight is 196 g/mol. The zero-order chi connectivity index (χ0) is 9.97. The molecule has 0 aromatic rings. The summed E-state index contributed by atoms with van der Waals surface area (Å²) in [7, 11) is 0. The highest BCUT2D eigenvalue weighted by Gasteiger charge is 2.32. The van der Waals surface area contributed by atoms with Crippen LogP contribution in [0.15, 0.2) is 0 Å². The molecule has 14 heavy (non-hydrogen) atoms. The highest BCUT2D eigenvalue weighted by Crippen LogP contribution is 2.31. The van der Waals surface area contributed by atoms with Crippen LogP contribution in [-0.2, 0) is 0 Å². The molecule has 1 saturated carbocycles. The van der Waals surface area contributed by atoms with Gasteiger partial charge >= 0.3 is 0 Å². The molecular weight excluding hydrogens is 172 g/mol. The molecule has 1 heterocycles. The lowest BCUT2D eigenvalue weighted by Gasteiger charge is -2.45. The zero-order valence-corrected chi connectivity index (χ0v) is 9.63. The van der Waals surface area contributed by atoms with Crippen molar-refractivity contribution in [2.75, 3.05) is 19.6 Å². The highest BCUT2D eigenvalue weighted by molar-refractivity contribution is 4.89. The minimum atomic E-state index is 0.768. The summed E-state index contributed by atoms with van der Waals surface area (Å²) in [6.07, 6.45) is 5.54. The second-order valence-corrected chi connectivity index (χ2v) is 5.17. The van der Waals surface area contributed by atoms with Crippen LogP contribution in [0.4, 0.5) is 0 Å². The lowest BCUT2D eigenvalue weighted by molar-refractivity contribution is 0.0585. The molecule has 0 spiro atoms. The van der Waals surface area contributed by atoms with E-state index in [9.17, 15) is 0 Å². The molecule has 1 atom stereocenters. The molecule has 0 bridgehead atoms. The van der Waals surface area contributed by atoms with Gasteiger partial charge in [-0.2, -0.15) is 0 Å². The molecule has 2 aliphatic rings. The lowest BCUT2D eigenvalue weighted by atomic mass is 9.80. The zero-order valence-electron chi connectivity index (χ0n) is 9.63. The molecule has 1 unspecified atom stereocenters. The topological polar surface area (TPSA) is 15.3 Å². The monoisotopic (exact) mass is 196 g/mol. The van der Waals surface area contributed by atoms with Crippen molar-refractivity contribution in [3.63, 3.8) is 0 Å². The van der Waals surface area contributed by atoms with Crippen LogP contribution in [0.3, 0.4) is 0 Å². The molecule has 2 fully saturated rings. The van der Waals surface area contributed by atoms with Crippen molar-refractivity contribution in [1.29, 1.82) is 0 Å². The van der Waals surface area contributed by atoms with Crippen molar-refractivity contribution < 1.29 is 0 Å². The van der Waals surface area contributed by atoms with Gasteiger partial charge in [0.2, 0.25) is 0 Å². The smallest absolute Gasteiger partial charge is 0.0195 e. The van der Waals surface area contributed by atoms with Gasteiger partial charge in [0.1, 0.15) is 0 Å². The fraction of sp³-hybridized carbons (Fsp3) is 1.00. The first-order chi connectivity index (χ1) is 6.79. The lowest BCUT2D eigenvalue weighted by Crippen LogP contribution is -2.56. The van der Waals surface area contributed by atoms with E-state index in [0.29, 0.717) is 0 Å². The Kier molecular flexibility index (Phi) is 3.45. The molecular formula is C12H24N2. The second-order valence-electron chi connectivity index (χ2n) is 5.17. The first kappa shape index (κ1) is 10.4. The molecule has 1 N–H and O–H groups in total. The van der Waals surface area contributed by atoms with Gasteiger partial charge in [-0.3, -0.25) is 4.90 Å². The number of nitrogens with one attached hydrogen (secondary N) is 1. The minimum absolute atomic E-state index is 0.768. The van der Waals surface area contributed by atoms with Crippen LogP contribution >= 0.6 is 0 Å². The molecule has 2 rings (SSSR count). The first-order valence-electron chi connectivity index (χ1n) is 6.27. The summed E-state index contributed by atoms with van der Waals surface area (Å²) < 4.78 is 0. The number of hydrogen-bond acceptors (Lipinski definition) is 2. The summed E-state index contributed by atoms with van der Waals surface area (Å²) in [6, 6.07) is 1.69. The van der Waals surface area contributed by atoms with Crippen LogP contribution < -0.4 is 5.32 Å². The maximum Gasteiger partial charge on any atom is 0.0195 e. The fourth-order valence-corrected chi connectivity index (χ4v) is 2.88. The van der Waals surface area contributed by atoms with Gasteiger partial charge in [0.15, 0.2) is 0 Å². The maximum absolute atomic E-state index is 3.62. The summed E-state index contributed by atoms with van der Waals surface area (Å²) in [5.74, 6) is 0.986. The molecule has 1 aliphatic carbocycles. The molecule has 2 heteroatoms. The Bertz CT molecular complexity index is 171. The third-order valence-electron chi connectivity index (χ3n) is 3.79. The molecule has 0 radical (unpaired) electrons. The van der Waals surface area contributed by atoms with Crippen molar-refractivity contribution in [1.82, 2.24) is 10.2 Å². The highest BCUT2D eigenvalue weighted by atomic mass is 15.2. The standard InChI is InChI=1S/C12H24N2/c1-3-4-11-9-14(6-5-13-11)12-7-10(2)8-12/h10-13H,3-9H2,1-2H3. The number of rotatable bonds is 3. The fourth-order valence-electron chi connectivity index (χ4n) is 2.88. The predicted octanol–water partition coefficient (Wildman–Crippen LogP) is 1.86. The maximum atomic E-state index is 3.62. The second kappa shape index (κ2) is 4.63. The van der Waals surface area contributed by atoms with Crippen LogP contribution in [0.1, 0.15) is 39.5 Å².